The van der Waals surface area contributed by atoms with Crippen molar-refractivity contribution >= 4 is 17.1 Å². The van der Waals surface area contributed by atoms with Crippen LogP contribution in [0.4, 0.5) is 17.1 Å². The Hall–Kier alpha value is -6.92. The van der Waals surface area contributed by atoms with Crippen LogP contribution in [0.1, 0.15) is 33.4 Å². The number of methoxy groups -OCH3 is 3. The van der Waals surface area contributed by atoms with Crippen molar-refractivity contribution in [1.29, 1.82) is 0 Å². The molecule has 55 heavy (non-hydrogen) atoms. The molecule has 0 saturated heterocycles. The zero-order chi connectivity index (χ0) is 39.2. The summed E-state index contributed by atoms with van der Waals surface area (Å²) in [5.41, 5.74) is 0.0789. The second-order valence-electron chi connectivity index (χ2n) is 12.7. The third-order valence-electron chi connectivity index (χ3n) is 9.78. The van der Waals surface area contributed by atoms with Crippen LogP contribution in [0.25, 0.3) is 0 Å². The van der Waals surface area contributed by atoms with Gasteiger partial charge in [0.05, 0.1) is 21.3 Å². The second kappa shape index (κ2) is 15.6. The molecular weight excluding hydrogens is 687 g/mol. The first-order valence-corrected chi connectivity index (χ1v) is 17.2. The van der Waals surface area contributed by atoms with E-state index in [2.05, 4.69) is 17.8 Å². The molecule has 7 heteroatoms. The van der Waals surface area contributed by atoms with Gasteiger partial charge < -0.3 is 34.4 Å². The van der Waals surface area contributed by atoms with Gasteiger partial charge in [-0.05, 0) is 72.8 Å². The lowest BCUT2D eigenvalue weighted by atomic mass is 9.86. The molecule has 0 radical (unpaired) electrons. The van der Waals surface area contributed by atoms with Gasteiger partial charge >= 0.3 is 0 Å². The van der Waals surface area contributed by atoms with Gasteiger partial charge in [0, 0.05) is 50.4 Å². The number of aliphatic hydroxyl groups is 3. The van der Waals surface area contributed by atoms with Gasteiger partial charge in [0.15, 0.2) is 16.8 Å². The van der Waals surface area contributed by atoms with Crippen LogP contribution in [0.3, 0.4) is 0 Å². The van der Waals surface area contributed by atoms with Crippen LogP contribution in [0, 0.1) is 37.0 Å². The molecule has 0 spiro atoms. The molecule has 0 aliphatic carbocycles. The highest BCUT2D eigenvalue weighted by Gasteiger charge is 2.32. The highest BCUT2D eigenvalue weighted by Crippen LogP contribution is 2.40. The Labute approximate surface area is 322 Å². The molecule has 0 bridgehead atoms. The third-order valence-corrected chi connectivity index (χ3v) is 9.78. The molecule has 272 valence electrons. The van der Waals surface area contributed by atoms with Crippen LogP contribution >= 0.6 is 0 Å². The highest BCUT2D eigenvalue weighted by molar-refractivity contribution is 5.77. The molecule has 0 amide bonds. The number of benzene rings is 6. The summed E-state index contributed by atoms with van der Waals surface area (Å²) in [7, 11) is 4.71. The fraction of sp³-hybridized carbons (Fsp3) is 0.125. The molecule has 0 aliphatic heterocycles. The Bertz CT molecular complexity index is 2100. The van der Waals surface area contributed by atoms with Gasteiger partial charge in [-0.2, -0.15) is 0 Å². The number of hydrogen-bond donors (Lipinski definition) is 3. The maximum absolute atomic E-state index is 11.7. The van der Waals surface area contributed by atoms with E-state index in [4.69, 9.17) is 33.5 Å². The Morgan fingerprint density at radius 2 is 0.545 bits per heavy atom. The number of anilines is 3. The van der Waals surface area contributed by atoms with E-state index in [-0.39, 0.29) is 0 Å². The molecule has 0 fully saturated rings. The lowest BCUT2D eigenvalue weighted by molar-refractivity contribution is 0.145. The lowest BCUT2D eigenvalue weighted by Crippen LogP contribution is -2.25. The molecule has 0 aliphatic rings. The quantitative estimate of drug-likeness (QED) is 0.111. The van der Waals surface area contributed by atoms with Crippen LogP contribution in [0.2, 0.25) is 0 Å². The second-order valence-corrected chi connectivity index (χ2v) is 12.7. The molecule has 6 aromatic rings. The summed E-state index contributed by atoms with van der Waals surface area (Å²) in [5.74, 6) is 9.60. The Morgan fingerprint density at radius 1 is 0.364 bits per heavy atom. The van der Waals surface area contributed by atoms with Crippen LogP contribution < -0.4 is 19.1 Å². The first-order chi connectivity index (χ1) is 26.6. The van der Waals surface area contributed by atoms with E-state index in [0.717, 1.165) is 17.1 Å². The minimum Gasteiger partial charge on any atom is -0.497 e. The number of hydrogen-bond acceptors (Lipinski definition) is 7. The molecule has 0 heterocycles. The van der Waals surface area contributed by atoms with E-state index < -0.39 is 16.8 Å². The zero-order valence-corrected chi connectivity index (χ0v) is 30.6. The Balaban J connectivity index is 1.41. The van der Waals surface area contributed by atoms with Gasteiger partial charge in [-0.1, -0.05) is 90.6 Å². The maximum atomic E-state index is 11.7. The highest BCUT2D eigenvalue weighted by atomic mass is 16.5. The van der Waals surface area contributed by atoms with Crippen LogP contribution in [0.15, 0.2) is 146 Å². The number of terminal acetylenes is 3. The normalized spacial score (nSPS) is 14.0. The maximum Gasteiger partial charge on any atom is 0.176 e. The molecule has 7 nitrogen and oxygen atoms in total. The summed E-state index contributed by atoms with van der Waals surface area (Å²) in [6, 6.07) is 42.6. The summed E-state index contributed by atoms with van der Waals surface area (Å²) in [5, 5.41) is 35.1. The Morgan fingerprint density at radius 3 is 0.709 bits per heavy atom. The third kappa shape index (κ3) is 7.10. The molecule has 3 N–H and O–H groups in total. The van der Waals surface area contributed by atoms with Crippen molar-refractivity contribution in [2.45, 2.75) is 16.8 Å². The van der Waals surface area contributed by atoms with Crippen LogP contribution in [-0.2, 0) is 16.8 Å². The lowest BCUT2D eigenvalue weighted by Gasteiger charge is -2.29. The average Bonchev–Trinajstić information content (AvgIpc) is 3.26. The van der Waals surface area contributed by atoms with Crippen molar-refractivity contribution < 1.29 is 29.5 Å². The minimum atomic E-state index is -1.71. The van der Waals surface area contributed by atoms with E-state index in [9.17, 15) is 15.3 Å². The van der Waals surface area contributed by atoms with Crippen LogP contribution in [-0.4, -0.2) is 36.6 Å². The van der Waals surface area contributed by atoms with E-state index in [1.807, 2.05) is 41.3 Å². The standard InChI is InChI=1S/C48H39NO6/c1-7-46(50,37-16-28-43(53-4)29-17-37)34-10-22-40(23-11-34)49(41-24-12-35(13-25-41)47(51,8-2)38-18-30-44(54-5)31-19-38)42-26-14-36(15-27-42)48(52,9-3)39-20-32-45(55-6)33-21-39/h1-3,10-33,50-52H,4-6H3. The van der Waals surface area contributed by atoms with Gasteiger partial charge in [0.2, 0.25) is 0 Å². The smallest absolute Gasteiger partial charge is 0.176 e. The average molecular weight is 726 g/mol. The van der Waals surface area contributed by atoms with Crippen molar-refractivity contribution in [2.75, 3.05) is 26.2 Å². The predicted molar refractivity (Wildman–Crippen MR) is 216 cm³/mol. The molecule has 3 unspecified atom stereocenters. The monoisotopic (exact) mass is 725 g/mol. The van der Waals surface area contributed by atoms with Crippen LogP contribution in [0.5, 0.6) is 17.2 Å². The molecule has 6 aromatic carbocycles. The molecular formula is C48H39NO6. The topological polar surface area (TPSA) is 91.6 Å². The van der Waals surface area contributed by atoms with Gasteiger partial charge in [0.1, 0.15) is 17.2 Å². The van der Waals surface area contributed by atoms with E-state index in [0.29, 0.717) is 50.6 Å². The summed E-state index contributed by atoms with van der Waals surface area (Å²) in [6.45, 7) is 0. The molecule has 0 saturated carbocycles. The van der Waals surface area contributed by atoms with E-state index in [1.165, 1.54) is 0 Å². The largest absolute Gasteiger partial charge is 0.497 e. The Kier molecular flexibility index (Phi) is 10.7. The molecule has 0 aromatic heterocycles. The fourth-order valence-electron chi connectivity index (χ4n) is 6.50. The minimum absolute atomic E-state index is 0.492. The van der Waals surface area contributed by atoms with Crippen molar-refractivity contribution in [3.05, 3.63) is 179 Å². The summed E-state index contributed by atoms with van der Waals surface area (Å²) < 4.78 is 15.8. The summed E-state index contributed by atoms with van der Waals surface area (Å²) in [4.78, 5) is 1.98. The van der Waals surface area contributed by atoms with Crippen molar-refractivity contribution in [3.63, 3.8) is 0 Å². The molecule has 3 atom stereocenters. The first-order valence-electron chi connectivity index (χ1n) is 17.2. The zero-order valence-electron chi connectivity index (χ0n) is 30.6. The molecule has 6 rings (SSSR count). The van der Waals surface area contributed by atoms with Crippen molar-refractivity contribution in [2.24, 2.45) is 0 Å². The number of ether oxygens (including phenoxy) is 3. The summed E-state index contributed by atoms with van der Waals surface area (Å²) in [6.07, 6.45) is 17.8. The van der Waals surface area contributed by atoms with Gasteiger partial charge in [0.25, 0.3) is 0 Å². The summed E-state index contributed by atoms with van der Waals surface area (Å²) >= 11 is 0. The van der Waals surface area contributed by atoms with Crippen molar-refractivity contribution in [3.8, 4) is 54.3 Å². The fourth-order valence-corrected chi connectivity index (χ4v) is 6.50. The predicted octanol–water partition coefficient (Wildman–Crippen LogP) is 7.79. The van der Waals surface area contributed by atoms with Gasteiger partial charge in [-0.15, -0.1) is 19.3 Å². The van der Waals surface area contributed by atoms with Gasteiger partial charge in [-0.25, -0.2) is 0 Å². The van der Waals surface area contributed by atoms with Gasteiger partial charge in [-0.3, -0.25) is 0 Å². The number of nitrogens with zero attached hydrogens (tertiary/aromatic N) is 1. The van der Waals surface area contributed by atoms with Crippen molar-refractivity contribution in [1.82, 2.24) is 0 Å². The number of rotatable bonds is 12. The van der Waals surface area contributed by atoms with E-state index >= 15 is 0 Å². The van der Waals surface area contributed by atoms with E-state index in [1.54, 1.807) is 131 Å². The SMILES string of the molecule is C#CC(O)(c1ccc(OC)cc1)c1ccc(N(c2ccc(C(O)(C#C)c3ccc(OC)cc3)cc2)c2ccc(C(O)(C#C)c3ccc(OC)cc3)cc2)cc1. The first kappa shape index (κ1) is 37.8.